The van der Waals surface area contributed by atoms with Gasteiger partial charge in [-0.3, -0.25) is 4.79 Å². The summed E-state index contributed by atoms with van der Waals surface area (Å²) in [4.78, 5) is 14.2. The molecule has 21 heavy (non-hydrogen) atoms. The zero-order chi connectivity index (χ0) is 14.8. The number of carbonyl (C=O) groups excluding carboxylic acids is 1. The second-order valence-corrected chi connectivity index (χ2v) is 5.89. The normalized spacial score (nSPS) is 25.3. The number of allylic oxidation sites excluding steroid dienone is 2. The van der Waals surface area contributed by atoms with Crippen molar-refractivity contribution in [3.05, 3.63) is 47.5 Å². The number of halogens is 2. The maximum absolute atomic E-state index is 13.8. The van der Waals surface area contributed by atoms with Crippen molar-refractivity contribution in [2.75, 3.05) is 13.1 Å². The molecule has 1 amide bonds. The summed E-state index contributed by atoms with van der Waals surface area (Å²) in [6.45, 7) is 1.02. The van der Waals surface area contributed by atoms with Gasteiger partial charge >= 0.3 is 0 Å². The maximum atomic E-state index is 13.8. The zero-order valence-electron chi connectivity index (χ0n) is 11.9. The Bertz CT molecular complexity index is 550. The van der Waals surface area contributed by atoms with Gasteiger partial charge in [-0.2, -0.15) is 0 Å². The van der Waals surface area contributed by atoms with E-state index in [2.05, 4.69) is 12.2 Å². The first-order chi connectivity index (χ1) is 10.2. The third kappa shape index (κ3) is 2.85. The largest absolute Gasteiger partial charge is 0.342 e. The fourth-order valence-electron chi connectivity index (χ4n) is 3.37. The van der Waals surface area contributed by atoms with E-state index < -0.39 is 11.6 Å². The molecule has 1 heterocycles. The van der Waals surface area contributed by atoms with Gasteiger partial charge in [-0.05, 0) is 37.8 Å². The van der Waals surface area contributed by atoms with Crippen LogP contribution in [-0.4, -0.2) is 23.9 Å². The fraction of sp³-hybridized carbons (Fsp3) is 0.471. The van der Waals surface area contributed by atoms with Crippen LogP contribution in [0.3, 0.4) is 0 Å². The molecule has 4 heteroatoms. The standard InChI is InChI=1S/C17H19F2NO/c18-14-7-4-8-15(19)16(14)13-9-10-20(11-13)17(21)12-5-2-1-3-6-12/h1-2,4,7-8,12-13H,3,5-6,9-11H2/t12-,13+/m1/s1. The molecule has 1 aromatic carbocycles. The Hall–Kier alpha value is -1.71. The molecule has 1 aromatic rings. The lowest BCUT2D eigenvalue weighted by atomic mass is 9.93. The molecule has 1 aliphatic carbocycles. The van der Waals surface area contributed by atoms with Crippen molar-refractivity contribution >= 4 is 5.91 Å². The molecule has 0 N–H and O–H groups in total. The number of rotatable bonds is 2. The van der Waals surface area contributed by atoms with Gasteiger partial charge in [0.25, 0.3) is 0 Å². The predicted octanol–water partition coefficient (Wildman–Crippen LogP) is 3.64. The molecule has 1 saturated heterocycles. The highest BCUT2D eigenvalue weighted by Gasteiger charge is 2.33. The minimum Gasteiger partial charge on any atom is -0.342 e. The monoisotopic (exact) mass is 291 g/mol. The van der Waals surface area contributed by atoms with Crippen molar-refractivity contribution < 1.29 is 13.6 Å². The van der Waals surface area contributed by atoms with Crippen LogP contribution in [0, 0.1) is 17.6 Å². The van der Waals surface area contributed by atoms with Gasteiger partial charge in [0, 0.05) is 30.5 Å². The molecule has 0 aromatic heterocycles. The van der Waals surface area contributed by atoms with Crippen molar-refractivity contribution in [2.45, 2.75) is 31.6 Å². The topological polar surface area (TPSA) is 20.3 Å². The van der Waals surface area contributed by atoms with Crippen LogP contribution in [0.2, 0.25) is 0 Å². The van der Waals surface area contributed by atoms with E-state index in [1.807, 2.05) is 0 Å². The summed E-state index contributed by atoms with van der Waals surface area (Å²) < 4.78 is 27.7. The number of hydrogen-bond acceptors (Lipinski definition) is 1. The summed E-state index contributed by atoms with van der Waals surface area (Å²) >= 11 is 0. The molecule has 0 radical (unpaired) electrons. The fourth-order valence-corrected chi connectivity index (χ4v) is 3.37. The molecule has 2 nitrogen and oxygen atoms in total. The van der Waals surface area contributed by atoms with Gasteiger partial charge in [-0.25, -0.2) is 8.78 Å². The zero-order valence-corrected chi connectivity index (χ0v) is 11.9. The maximum Gasteiger partial charge on any atom is 0.226 e. The molecular weight excluding hydrogens is 272 g/mol. The Morgan fingerprint density at radius 2 is 1.90 bits per heavy atom. The van der Waals surface area contributed by atoms with E-state index in [-0.39, 0.29) is 23.3 Å². The molecule has 0 unspecified atom stereocenters. The molecule has 0 spiro atoms. The third-order valence-corrected chi connectivity index (χ3v) is 4.53. The number of likely N-dealkylation sites (tertiary alicyclic amines) is 1. The Kier molecular flexibility index (Phi) is 4.04. The van der Waals surface area contributed by atoms with Crippen molar-refractivity contribution in [1.29, 1.82) is 0 Å². The van der Waals surface area contributed by atoms with Crippen LogP contribution in [0.4, 0.5) is 8.78 Å². The molecule has 112 valence electrons. The highest BCUT2D eigenvalue weighted by Crippen LogP contribution is 2.32. The average molecular weight is 291 g/mol. The summed E-state index contributed by atoms with van der Waals surface area (Å²) in [5, 5.41) is 0. The number of nitrogens with zero attached hydrogens (tertiary/aromatic N) is 1. The summed E-state index contributed by atoms with van der Waals surface area (Å²) in [7, 11) is 0. The number of benzene rings is 1. The minimum atomic E-state index is -0.505. The SMILES string of the molecule is O=C([C@@H]1CC=CCC1)N1CC[C@H](c2c(F)cccc2F)C1. The quantitative estimate of drug-likeness (QED) is 0.762. The lowest BCUT2D eigenvalue weighted by Gasteiger charge is -2.24. The molecule has 2 atom stereocenters. The lowest BCUT2D eigenvalue weighted by molar-refractivity contribution is -0.134. The van der Waals surface area contributed by atoms with Crippen LogP contribution in [0.25, 0.3) is 0 Å². The molecule has 1 aliphatic heterocycles. The molecule has 3 rings (SSSR count). The summed E-state index contributed by atoms with van der Waals surface area (Å²) in [6, 6.07) is 3.95. The molecular formula is C17H19F2NO. The van der Waals surface area contributed by atoms with E-state index >= 15 is 0 Å². The van der Waals surface area contributed by atoms with Gasteiger partial charge in [0.1, 0.15) is 11.6 Å². The first-order valence-electron chi connectivity index (χ1n) is 7.54. The van der Waals surface area contributed by atoms with E-state index in [0.29, 0.717) is 19.5 Å². The highest BCUT2D eigenvalue weighted by molar-refractivity contribution is 5.79. The molecule has 0 bridgehead atoms. The Labute approximate surface area is 123 Å². The summed E-state index contributed by atoms with van der Waals surface area (Å²) in [5.41, 5.74) is 0.135. The molecule has 0 saturated carbocycles. The van der Waals surface area contributed by atoms with Gasteiger partial charge < -0.3 is 4.90 Å². The average Bonchev–Trinajstić information content (AvgIpc) is 2.97. The van der Waals surface area contributed by atoms with Gasteiger partial charge in [0.15, 0.2) is 0 Å². The van der Waals surface area contributed by atoms with Gasteiger partial charge in [-0.1, -0.05) is 18.2 Å². The molecule has 1 fully saturated rings. The number of carbonyl (C=O) groups is 1. The van der Waals surface area contributed by atoms with E-state index in [1.54, 1.807) is 4.90 Å². The second-order valence-electron chi connectivity index (χ2n) is 5.89. The first-order valence-corrected chi connectivity index (χ1v) is 7.54. The van der Waals surface area contributed by atoms with Crippen LogP contribution in [0.1, 0.15) is 37.2 Å². The molecule has 2 aliphatic rings. The van der Waals surface area contributed by atoms with Crippen molar-refractivity contribution in [3.63, 3.8) is 0 Å². The predicted molar refractivity (Wildman–Crippen MR) is 76.8 cm³/mol. The van der Waals surface area contributed by atoms with Gasteiger partial charge in [0.2, 0.25) is 5.91 Å². The number of amides is 1. The van der Waals surface area contributed by atoms with E-state index in [1.165, 1.54) is 18.2 Å². The highest BCUT2D eigenvalue weighted by atomic mass is 19.1. The van der Waals surface area contributed by atoms with Crippen molar-refractivity contribution in [3.8, 4) is 0 Å². The first kappa shape index (κ1) is 14.2. The van der Waals surface area contributed by atoms with Crippen LogP contribution in [0.5, 0.6) is 0 Å². The van der Waals surface area contributed by atoms with Crippen LogP contribution in [0.15, 0.2) is 30.4 Å². The van der Waals surface area contributed by atoms with E-state index in [9.17, 15) is 13.6 Å². The van der Waals surface area contributed by atoms with Crippen molar-refractivity contribution in [1.82, 2.24) is 4.90 Å². The smallest absolute Gasteiger partial charge is 0.226 e. The minimum absolute atomic E-state index is 0.0409. The Morgan fingerprint density at radius 1 is 1.14 bits per heavy atom. The van der Waals surface area contributed by atoms with Crippen LogP contribution in [-0.2, 0) is 4.79 Å². The van der Waals surface area contributed by atoms with Crippen LogP contribution >= 0.6 is 0 Å². The number of hydrogen-bond donors (Lipinski definition) is 0. The Balaban J connectivity index is 1.70. The lowest BCUT2D eigenvalue weighted by Crippen LogP contribution is -2.34. The summed E-state index contributed by atoms with van der Waals surface area (Å²) in [6.07, 6.45) is 7.39. The van der Waals surface area contributed by atoms with Crippen LogP contribution < -0.4 is 0 Å². The van der Waals surface area contributed by atoms with E-state index in [4.69, 9.17) is 0 Å². The third-order valence-electron chi connectivity index (χ3n) is 4.53. The van der Waals surface area contributed by atoms with E-state index in [0.717, 1.165) is 19.3 Å². The van der Waals surface area contributed by atoms with Gasteiger partial charge in [0.05, 0.1) is 0 Å². The second kappa shape index (κ2) is 5.96. The Morgan fingerprint density at radius 3 is 2.57 bits per heavy atom. The van der Waals surface area contributed by atoms with Crippen molar-refractivity contribution in [2.24, 2.45) is 5.92 Å². The summed E-state index contributed by atoms with van der Waals surface area (Å²) in [5.74, 6) is -1.06. The van der Waals surface area contributed by atoms with Gasteiger partial charge in [-0.15, -0.1) is 0 Å².